The lowest BCUT2D eigenvalue weighted by molar-refractivity contribution is 0.0265. The van der Waals surface area contributed by atoms with E-state index in [0.29, 0.717) is 18.0 Å². The number of nitrogens with zero attached hydrogens (tertiary/aromatic N) is 1. The summed E-state index contributed by atoms with van der Waals surface area (Å²) in [7, 11) is 1.70. The Morgan fingerprint density at radius 1 is 1.56 bits per heavy atom. The molecule has 98 valence electrons. The Labute approximate surface area is 114 Å². The molecule has 0 aliphatic heterocycles. The molecule has 18 heavy (non-hydrogen) atoms. The van der Waals surface area contributed by atoms with Crippen molar-refractivity contribution < 1.29 is 14.3 Å². The van der Waals surface area contributed by atoms with Gasteiger partial charge in [-0.05, 0) is 46.8 Å². The molecule has 1 fully saturated rings. The molecule has 0 radical (unpaired) electrons. The number of benzene rings is 1. The van der Waals surface area contributed by atoms with Gasteiger partial charge in [0.05, 0.1) is 16.1 Å². The first kappa shape index (κ1) is 13.5. The van der Waals surface area contributed by atoms with Gasteiger partial charge in [-0.15, -0.1) is 0 Å². The monoisotopic (exact) mass is 315 g/mol. The molecule has 0 spiro atoms. The molecule has 0 aromatic heterocycles. The Balaban J connectivity index is 2.04. The molecule has 1 aromatic carbocycles. The zero-order valence-corrected chi connectivity index (χ0v) is 11.7. The van der Waals surface area contributed by atoms with E-state index in [9.17, 15) is 14.3 Å². The average molecular weight is 316 g/mol. The summed E-state index contributed by atoms with van der Waals surface area (Å²) in [4.78, 5) is 13.7. The van der Waals surface area contributed by atoms with E-state index in [1.807, 2.05) is 0 Å². The molecule has 3 nitrogen and oxygen atoms in total. The van der Waals surface area contributed by atoms with Gasteiger partial charge >= 0.3 is 0 Å². The maximum atomic E-state index is 13.3. The molecule has 1 aliphatic carbocycles. The topological polar surface area (TPSA) is 40.5 Å². The molecule has 0 bridgehead atoms. The van der Waals surface area contributed by atoms with Crippen molar-refractivity contribution in [2.24, 2.45) is 5.92 Å². The Morgan fingerprint density at radius 3 is 2.83 bits per heavy atom. The summed E-state index contributed by atoms with van der Waals surface area (Å²) in [6.07, 6.45) is 1.25. The molecule has 1 amide bonds. The molecule has 1 saturated carbocycles. The fourth-order valence-electron chi connectivity index (χ4n) is 2.19. The molecule has 5 heteroatoms. The van der Waals surface area contributed by atoms with E-state index in [2.05, 4.69) is 15.9 Å². The second-order valence-corrected chi connectivity index (χ2v) is 5.57. The summed E-state index contributed by atoms with van der Waals surface area (Å²) >= 11 is 3.09. The molecule has 2 rings (SSSR count). The van der Waals surface area contributed by atoms with Crippen LogP contribution < -0.4 is 0 Å². The lowest BCUT2D eigenvalue weighted by Gasteiger charge is -2.34. The second kappa shape index (κ2) is 5.36. The van der Waals surface area contributed by atoms with E-state index in [1.165, 1.54) is 12.1 Å². The third-order valence-electron chi connectivity index (χ3n) is 3.27. The van der Waals surface area contributed by atoms with E-state index in [0.717, 1.165) is 12.8 Å². The van der Waals surface area contributed by atoms with E-state index in [4.69, 9.17) is 0 Å². The summed E-state index contributed by atoms with van der Waals surface area (Å²) < 4.78 is 13.5. The van der Waals surface area contributed by atoms with Gasteiger partial charge in [-0.3, -0.25) is 4.79 Å². The molecule has 0 heterocycles. The number of aliphatic hydroxyl groups excluding tert-OH is 1. The first-order valence-electron chi connectivity index (χ1n) is 5.86. The number of carbonyl (C=O) groups excluding carboxylic acids is 1. The zero-order valence-electron chi connectivity index (χ0n) is 10.1. The second-order valence-electron chi connectivity index (χ2n) is 4.78. The number of amides is 1. The van der Waals surface area contributed by atoms with Gasteiger partial charge in [0.2, 0.25) is 0 Å². The van der Waals surface area contributed by atoms with Gasteiger partial charge in [0, 0.05) is 13.6 Å². The largest absolute Gasteiger partial charge is 0.393 e. The lowest BCUT2D eigenvalue weighted by atomic mass is 9.82. The number of carbonyl (C=O) groups is 1. The van der Waals surface area contributed by atoms with Crippen LogP contribution in [0.2, 0.25) is 0 Å². The minimum absolute atomic E-state index is 0.204. The molecule has 0 saturated heterocycles. The van der Waals surface area contributed by atoms with E-state index >= 15 is 0 Å². The predicted octanol–water partition coefficient (Wildman–Crippen LogP) is 2.43. The summed E-state index contributed by atoms with van der Waals surface area (Å²) in [5.41, 5.74) is 0.331. The standard InChI is InChI=1S/C13H15BrFNO2/c1-16(7-8-5-9(17)6-8)13(18)10-3-2-4-11(15)12(10)14/h2-4,8-9,17H,5-7H2,1H3. The predicted molar refractivity (Wildman–Crippen MR) is 69.8 cm³/mol. The van der Waals surface area contributed by atoms with Gasteiger partial charge in [0.25, 0.3) is 5.91 Å². The Morgan fingerprint density at radius 2 is 2.22 bits per heavy atom. The van der Waals surface area contributed by atoms with Crippen molar-refractivity contribution in [3.05, 3.63) is 34.1 Å². The fourth-order valence-corrected chi connectivity index (χ4v) is 2.63. The van der Waals surface area contributed by atoms with Crippen LogP contribution in [0.5, 0.6) is 0 Å². The van der Waals surface area contributed by atoms with Crippen LogP contribution in [0.15, 0.2) is 22.7 Å². The van der Waals surface area contributed by atoms with Crippen LogP contribution in [0, 0.1) is 11.7 Å². The maximum absolute atomic E-state index is 13.3. The van der Waals surface area contributed by atoms with Gasteiger partial charge in [-0.1, -0.05) is 6.07 Å². The molecule has 0 unspecified atom stereocenters. The summed E-state index contributed by atoms with van der Waals surface area (Å²) in [5, 5.41) is 9.21. The molecule has 1 aromatic rings. The highest BCUT2D eigenvalue weighted by Gasteiger charge is 2.29. The SMILES string of the molecule is CN(CC1CC(O)C1)C(=O)c1cccc(F)c1Br. The Bertz CT molecular complexity index is 460. The van der Waals surface area contributed by atoms with Crippen LogP contribution >= 0.6 is 15.9 Å². The van der Waals surface area contributed by atoms with Crippen LogP contribution in [0.25, 0.3) is 0 Å². The van der Waals surface area contributed by atoms with Crippen molar-refractivity contribution in [3.63, 3.8) is 0 Å². The first-order chi connectivity index (χ1) is 8.49. The molecule has 1 aliphatic rings. The third-order valence-corrected chi connectivity index (χ3v) is 4.08. The van der Waals surface area contributed by atoms with Gasteiger partial charge in [0.15, 0.2) is 0 Å². The molecular formula is C13H15BrFNO2. The van der Waals surface area contributed by atoms with Gasteiger partial charge in [-0.2, -0.15) is 0 Å². The minimum atomic E-state index is -0.437. The normalized spacial score (nSPS) is 22.4. The van der Waals surface area contributed by atoms with Gasteiger partial charge in [0.1, 0.15) is 5.82 Å². The van der Waals surface area contributed by atoms with Gasteiger partial charge in [-0.25, -0.2) is 4.39 Å². The highest BCUT2D eigenvalue weighted by Crippen LogP contribution is 2.28. The Kier molecular flexibility index (Phi) is 4.02. The maximum Gasteiger partial charge on any atom is 0.254 e. The van der Waals surface area contributed by atoms with Crippen molar-refractivity contribution in [2.45, 2.75) is 18.9 Å². The number of hydrogen-bond acceptors (Lipinski definition) is 2. The van der Waals surface area contributed by atoms with Crippen LogP contribution in [-0.2, 0) is 0 Å². The zero-order chi connectivity index (χ0) is 13.3. The van der Waals surface area contributed by atoms with Crippen LogP contribution in [0.1, 0.15) is 23.2 Å². The summed E-state index contributed by atoms with van der Waals surface area (Å²) in [6, 6.07) is 4.43. The van der Waals surface area contributed by atoms with Crippen molar-refractivity contribution in [2.75, 3.05) is 13.6 Å². The average Bonchev–Trinajstić information content (AvgIpc) is 2.30. The smallest absolute Gasteiger partial charge is 0.254 e. The molecular weight excluding hydrogens is 301 g/mol. The van der Waals surface area contributed by atoms with E-state index < -0.39 is 5.82 Å². The summed E-state index contributed by atoms with van der Waals surface area (Å²) in [5.74, 6) is -0.294. The number of hydrogen-bond donors (Lipinski definition) is 1. The quantitative estimate of drug-likeness (QED) is 0.930. The van der Waals surface area contributed by atoms with E-state index in [-0.39, 0.29) is 16.5 Å². The van der Waals surface area contributed by atoms with Crippen LogP contribution in [0.3, 0.4) is 0 Å². The third kappa shape index (κ3) is 2.72. The van der Waals surface area contributed by atoms with Crippen molar-refractivity contribution in [3.8, 4) is 0 Å². The van der Waals surface area contributed by atoms with Crippen LogP contribution in [-0.4, -0.2) is 35.6 Å². The van der Waals surface area contributed by atoms with Crippen molar-refractivity contribution in [1.29, 1.82) is 0 Å². The fraction of sp³-hybridized carbons (Fsp3) is 0.462. The number of rotatable bonds is 3. The molecule has 0 atom stereocenters. The highest BCUT2D eigenvalue weighted by atomic mass is 79.9. The minimum Gasteiger partial charge on any atom is -0.393 e. The number of aliphatic hydroxyl groups is 1. The number of halogens is 2. The summed E-state index contributed by atoms with van der Waals surface area (Å²) in [6.45, 7) is 0.596. The van der Waals surface area contributed by atoms with Gasteiger partial charge < -0.3 is 10.0 Å². The van der Waals surface area contributed by atoms with Crippen molar-refractivity contribution >= 4 is 21.8 Å². The Hall–Kier alpha value is -0.940. The van der Waals surface area contributed by atoms with E-state index in [1.54, 1.807) is 18.0 Å². The molecule has 1 N–H and O–H groups in total. The lowest BCUT2D eigenvalue weighted by Crippen LogP contribution is -2.39. The highest BCUT2D eigenvalue weighted by molar-refractivity contribution is 9.10. The van der Waals surface area contributed by atoms with Crippen LogP contribution in [0.4, 0.5) is 4.39 Å². The first-order valence-corrected chi connectivity index (χ1v) is 6.66. The van der Waals surface area contributed by atoms with Crippen molar-refractivity contribution in [1.82, 2.24) is 4.90 Å².